The molecule has 15 atom stereocenters. The van der Waals surface area contributed by atoms with Crippen molar-refractivity contribution in [2.75, 3.05) is 58.8 Å². The number of phenols is 2. The summed E-state index contributed by atoms with van der Waals surface area (Å²) in [7, 11) is 3.85. The van der Waals surface area contributed by atoms with E-state index in [1.807, 2.05) is 6.92 Å². The van der Waals surface area contributed by atoms with Gasteiger partial charge in [-0.3, -0.25) is 71.9 Å². The summed E-state index contributed by atoms with van der Waals surface area (Å²) < 4.78 is 45.2. The Morgan fingerprint density at radius 2 is 1.02 bits per heavy atom. The van der Waals surface area contributed by atoms with E-state index in [9.17, 15) is 34.1 Å². The number of hydrogen-bond donors (Lipinski definition) is 14. The Bertz CT molecular complexity index is 5470. The van der Waals surface area contributed by atoms with E-state index in [0.717, 1.165) is 19.6 Å². The topological polar surface area (TPSA) is 500 Å². The molecule has 4 aliphatic heterocycles. The summed E-state index contributed by atoms with van der Waals surface area (Å²) in [4.78, 5) is 237. The molecule has 5 heterocycles. The molecule has 35 nitrogen and oxygen atoms in total. The number of nitrogens with two attached hydrogens (primary N) is 2. The van der Waals surface area contributed by atoms with Crippen molar-refractivity contribution in [1.29, 1.82) is 0 Å². The minimum absolute atomic E-state index is 0.0222. The monoisotopic (exact) mass is 1900 g/mol. The zero-order chi connectivity index (χ0) is 98.6. The molecule has 15 amide bonds. The summed E-state index contributed by atoms with van der Waals surface area (Å²) in [5.41, 5.74) is 14.7. The molecule has 11 rings (SSSR count). The van der Waals surface area contributed by atoms with Crippen molar-refractivity contribution in [3.05, 3.63) is 203 Å². The first-order chi connectivity index (χ1) is 64.7. The second-order valence-corrected chi connectivity index (χ2v) is 37.0. The van der Waals surface area contributed by atoms with Crippen molar-refractivity contribution in [3.63, 3.8) is 0 Å². The number of hydrogen-bond acceptors (Lipinski definition) is 20. The third-order valence-electron chi connectivity index (χ3n) is 25.1. The number of benzene rings is 6. The highest BCUT2D eigenvalue weighted by Crippen LogP contribution is 2.32. The van der Waals surface area contributed by atoms with Gasteiger partial charge in [-0.1, -0.05) is 151 Å². The van der Waals surface area contributed by atoms with Crippen LogP contribution in [0.25, 0.3) is 10.9 Å². The van der Waals surface area contributed by atoms with Gasteiger partial charge in [-0.2, -0.15) is 0 Å². The lowest BCUT2D eigenvalue weighted by atomic mass is 9.95. The standard InChI is InChI=1S/C97H120F3N17O18S/c1-9-10-25-76-95(133)117-50-64(120)46-80(117)96(134)116-49-61(101)45-78(116)91(129)111-84(54(4)5)97(135)113(7)77(42-55-19-13-11-14-20-55)90(128)109-73(40-58-28-32-63(119)33-29-58)93(131)115-35-34-75(115)89(127)108-71(44-60-47-103-68-24-18-17-23-65(60)68)88(126)107-70(39-57-26-30-62(118)31-27-57)87(125)106-69(36-53(2)3)86(124)110-74(85(123)104-48-81(102)121)51-136-52-82(122)105-72(41-59-37-66(98)83(100)67(99)38-59)92(130)114(8)79(94(132)112(76)6)43-56-21-15-12-16-22-56/h11-24,26-33,37-38,47,53-54,61,64,69-80,84,103,118-120H,9-10,25,34-36,39-46,48-52,101H2,1-8H3,(H2,102,121)(H,104,123)(H,105,122)(H,106,125)(H,107,126)(H,108,127)(H,109,128)(H,110,124)(H,111,129). The SMILES string of the molecule is CCCCC1C(=O)N2CC(O)CC2C(=O)N2CC(N)CC2C(=O)NC(C(C)C)C(=O)N(C)C(Cc2ccccc2)C(=O)NC(Cc2ccc(O)cc2)C(=O)N2CCC2C(=O)NC(Cc2c[nH]c3ccccc23)C(=O)NC(Cc2ccc(O)cc2)C(=O)NC(CC(C)C)C(=O)NC(C(=O)NCC(N)=O)CSCC(=O)NC(Cc2cc(F)c(F)c(F)c2)C(=O)N(C)C(Cc2ccccc2)C(=O)N1C. The number of carbonyl (C=O) groups excluding carboxylic acids is 15. The highest BCUT2D eigenvalue weighted by atomic mass is 32.2. The number of rotatable bonds is 21. The molecule has 4 saturated heterocycles. The van der Waals surface area contributed by atoms with E-state index in [1.165, 1.54) is 79.5 Å². The number of fused-ring (bicyclic) bond motifs is 4. The number of H-pyrrole nitrogens is 1. The summed E-state index contributed by atoms with van der Waals surface area (Å²) in [5, 5.41) is 54.7. The van der Waals surface area contributed by atoms with Gasteiger partial charge in [0.1, 0.15) is 90.0 Å². The molecular formula is C97H120F3N17O18S. The second-order valence-electron chi connectivity index (χ2n) is 36.0. The summed E-state index contributed by atoms with van der Waals surface area (Å²) in [6, 6.07) is 15.6. The zero-order valence-electron chi connectivity index (χ0n) is 77.0. The van der Waals surface area contributed by atoms with Gasteiger partial charge < -0.3 is 104 Å². The highest BCUT2D eigenvalue weighted by molar-refractivity contribution is 8.00. The van der Waals surface area contributed by atoms with Crippen LogP contribution in [0.3, 0.4) is 0 Å². The lowest BCUT2D eigenvalue weighted by Crippen LogP contribution is -2.65. The second kappa shape index (κ2) is 47.2. The first kappa shape index (κ1) is 103. The number of aliphatic hydroxyl groups is 1. The number of halogens is 3. The quantitative estimate of drug-likeness (QED) is 0.0459. The van der Waals surface area contributed by atoms with E-state index < -0.39 is 240 Å². The number of aliphatic hydroxyl groups excluding tert-OH is 1. The number of thioether (sulfide) groups is 1. The van der Waals surface area contributed by atoms with E-state index in [0.29, 0.717) is 69.0 Å². The van der Waals surface area contributed by atoms with Crippen LogP contribution in [-0.2, 0) is 110 Å². The number of aromatic hydroxyl groups is 2. The van der Waals surface area contributed by atoms with Crippen molar-refractivity contribution in [2.24, 2.45) is 23.3 Å². The minimum atomic E-state index is -1.87. The predicted octanol–water partition coefficient (Wildman–Crippen LogP) is 2.36. The summed E-state index contributed by atoms with van der Waals surface area (Å²) >= 11 is 0.682. The molecule has 16 N–H and O–H groups in total. The molecule has 0 radical (unpaired) electrons. The largest absolute Gasteiger partial charge is 0.508 e. The maximum absolute atomic E-state index is 15.8. The fraction of sp³-hybridized carbons (Fsp3) is 0.454. The molecule has 0 saturated carbocycles. The van der Waals surface area contributed by atoms with Gasteiger partial charge in [0.25, 0.3) is 0 Å². The van der Waals surface area contributed by atoms with Crippen LogP contribution in [0.5, 0.6) is 11.5 Å². The number of carbonyl (C=O) groups is 15. The number of amides is 15. The highest BCUT2D eigenvalue weighted by Gasteiger charge is 2.51. The van der Waals surface area contributed by atoms with Crippen LogP contribution in [0.1, 0.15) is 113 Å². The first-order valence-electron chi connectivity index (χ1n) is 45.5. The average molecular weight is 1900 g/mol. The molecule has 1 aromatic heterocycles. The van der Waals surface area contributed by atoms with Gasteiger partial charge in [0, 0.05) is 115 Å². The molecule has 15 unspecified atom stereocenters. The van der Waals surface area contributed by atoms with Gasteiger partial charge >= 0.3 is 0 Å². The van der Waals surface area contributed by atoms with E-state index in [2.05, 4.69) is 47.5 Å². The third-order valence-corrected chi connectivity index (χ3v) is 26.1. The van der Waals surface area contributed by atoms with Gasteiger partial charge in [-0.15, -0.1) is 11.8 Å². The number of nitrogens with zero attached hydrogens (tertiary/aromatic N) is 6. The van der Waals surface area contributed by atoms with Crippen LogP contribution in [0, 0.1) is 29.3 Å². The number of para-hydroxylation sites is 1. The van der Waals surface area contributed by atoms with E-state index in [1.54, 1.807) is 119 Å². The van der Waals surface area contributed by atoms with E-state index in [4.69, 9.17) is 11.5 Å². The van der Waals surface area contributed by atoms with E-state index >= 15 is 66.3 Å². The van der Waals surface area contributed by atoms with Crippen LogP contribution in [0.4, 0.5) is 13.2 Å². The summed E-state index contributed by atoms with van der Waals surface area (Å²) in [5.74, 6) is -21.6. The molecule has 728 valence electrons. The predicted molar refractivity (Wildman–Crippen MR) is 497 cm³/mol. The number of phenolic OH excluding ortho intramolecular Hbond substituents is 2. The molecule has 0 bridgehead atoms. The van der Waals surface area contributed by atoms with E-state index in [-0.39, 0.29) is 101 Å². The molecule has 6 aromatic carbocycles. The van der Waals surface area contributed by atoms with Gasteiger partial charge in [0.15, 0.2) is 17.5 Å². The van der Waals surface area contributed by atoms with Crippen molar-refractivity contribution < 1.29 is 100 Å². The van der Waals surface area contributed by atoms with Crippen LogP contribution in [-0.4, -0.2) is 288 Å². The molecule has 4 fully saturated rings. The zero-order valence-corrected chi connectivity index (χ0v) is 77.8. The van der Waals surface area contributed by atoms with Gasteiger partial charge in [0.2, 0.25) is 88.6 Å². The molecule has 0 aliphatic carbocycles. The Morgan fingerprint density at radius 1 is 0.507 bits per heavy atom. The first-order valence-corrected chi connectivity index (χ1v) is 46.6. The molecule has 39 heteroatoms. The van der Waals surface area contributed by atoms with Gasteiger partial charge in [0.05, 0.1) is 18.4 Å². The minimum Gasteiger partial charge on any atom is -0.508 e. The number of aromatic nitrogens is 1. The molecule has 4 aliphatic rings. The fourth-order valence-electron chi connectivity index (χ4n) is 17.5. The number of primary amides is 1. The van der Waals surface area contributed by atoms with Crippen LogP contribution in [0.2, 0.25) is 0 Å². The lowest BCUT2D eigenvalue weighted by molar-refractivity contribution is -0.154. The lowest BCUT2D eigenvalue weighted by Gasteiger charge is -2.42. The Kier molecular flexibility index (Phi) is 35.7. The van der Waals surface area contributed by atoms with Crippen molar-refractivity contribution in [3.8, 4) is 11.5 Å². The number of unbranched alkanes of at least 4 members (excludes halogenated alkanes) is 1. The van der Waals surface area contributed by atoms with Crippen molar-refractivity contribution in [1.82, 2.24) is 76.9 Å². The average Bonchev–Trinajstić information content (AvgIpc) is 1.79. The number of nitrogens with one attached hydrogen (secondary N) is 9. The molecule has 0 spiro atoms. The molecular weight excluding hydrogens is 1780 g/mol. The van der Waals surface area contributed by atoms with Crippen LogP contribution in [0.15, 0.2) is 152 Å². The van der Waals surface area contributed by atoms with Gasteiger partial charge in [-0.25, -0.2) is 13.2 Å². The smallest absolute Gasteiger partial charge is 0.246 e. The fourth-order valence-corrected chi connectivity index (χ4v) is 18.4. The third kappa shape index (κ3) is 26.6. The Balaban J connectivity index is 0.985. The van der Waals surface area contributed by atoms with Crippen molar-refractivity contribution in [2.45, 2.75) is 209 Å². The van der Waals surface area contributed by atoms with Crippen molar-refractivity contribution >= 4 is 111 Å². The van der Waals surface area contributed by atoms with Crippen LogP contribution >= 0.6 is 11.8 Å². The van der Waals surface area contributed by atoms with Gasteiger partial charge in [-0.05, 0) is 113 Å². The maximum Gasteiger partial charge on any atom is 0.246 e. The Morgan fingerprint density at radius 3 is 1.61 bits per heavy atom. The maximum atomic E-state index is 15.8. The number of aromatic amines is 1. The Hall–Kier alpha value is -13.4. The molecule has 136 heavy (non-hydrogen) atoms. The Labute approximate surface area is 789 Å². The summed E-state index contributed by atoms with van der Waals surface area (Å²) in [6.45, 7) is 6.99. The normalized spacial score (nSPS) is 24.8. The van der Waals surface area contributed by atoms with Crippen LogP contribution < -0.4 is 54.0 Å². The summed E-state index contributed by atoms with van der Waals surface area (Å²) in [6.07, 6.45) is -1.76. The molecule has 7 aromatic rings. The number of likely N-dealkylation sites (N-methyl/N-ethyl adjacent to an activating group) is 3.